The van der Waals surface area contributed by atoms with Crippen molar-refractivity contribution < 1.29 is 37.1 Å². The molecule has 4 atom stereocenters. The minimum Gasteiger partial charge on any atom is -0.505 e. The fourth-order valence-corrected chi connectivity index (χ4v) is 4.58. The van der Waals surface area contributed by atoms with Crippen molar-refractivity contribution in [1.29, 1.82) is 0 Å². The molecule has 1 saturated carbocycles. The average Bonchev–Trinajstić information content (AvgIpc) is 3.44. The van der Waals surface area contributed by atoms with E-state index in [9.17, 15) is 9.90 Å². The Hall–Kier alpha value is -2.72. The summed E-state index contributed by atoms with van der Waals surface area (Å²) in [5, 5.41) is 20.0. The molecule has 0 saturated heterocycles. The number of carbonyl (C=O) groups excluding carboxylic acids is 1. The smallest absolute Gasteiger partial charge is 0.333 e. The Bertz CT molecular complexity index is 1250. The number of allylic oxidation sites excluding steroid dienone is 2. The average molecular weight is 599 g/mol. The van der Waals surface area contributed by atoms with Crippen molar-refractivity contribution in [3.05, 3.63) is 71.3 Å². The van der Waals surface area contributed by atoms with Crippen LogP contribution in [0.5, 0.6) is 5.75 Å². The van der Waals surface area contributed by atoms with Gasteiger partial charge in [0.1, 0.15) is 18.0 Å². The molecule has 0 aliphatic heterocycles. The van der Waals surface area contributed by atoms with Crippen LogP contribution in [0.4, 0.5) is 0 Å². The van der Waals surface area contributed by atoms with Crippen molar-refractivity contribution in [3.63, 3.8) is 0 Å². The molecule has 1 heterocycles. The van der Waals surface area contributed by atoms with Crippen LogP contribution in [0.2, 0.25) is 0 Å². The summed E-state index contributed by atoms with van der Waals surface area (Å²) >= 11 is 0. The standard InChI is InChI=1S/C25H24N3O3.W/c1-14(2)25(30)31-13-19-10-18(20-11-16-9-17(20)8-15(16)3)12-23(24(19)29)28-26-21-6-4-5-7-22(21)27-28;/h4,6-8,10,12,16-17,20,29H,1,9,11,13H2,2-3H3;/q-1;/i11D;. The molecule has 2 aliphatic carbocycles. The first-order chi connectivity index (χ1) is 15.3. The number of phenolic OH excluding ortho intramolecular Hbond substituents is 1. The van der Waals surface area contributed by atoms with E-state index in [0.29, 0.717) is 22.3 Å². The van der Waals surface area contributed by atoms with E-state index in [4.69, 9.17) is 6.11 Å². The molecular weight excluding hydrogens is 574 g/mol. The predicted octanol–water partition coefficient (Wildman–Crippen LogP) is 4.61. The zero-order valence-corrected chi connectivity index (χ0v) is 20.8. The number of benzene rings is 2. The van der Waals surface area contributed by atoms with Crippen molar-refractivity contribution in [3.8, 4) is 11.4 Å². The second kappa shape index (κ2) is 8.67. The third kappa shape index (κ3) is 3.92. The Labute approximate surface area is 202 Å². The quantitative estimate of drug-likeness (QED) is 0.201. The summed E-state index contributed by atoms with van der Waals surface area (Å²) in [7, 11) is 0. The molecule has 2 aliphatic rings. The topological polar surface area (TPSA) is 77.2 Å². The van der Waals surface area contributed by atoms with Crippen molar-refractivity contribution >= 4 is 17.0 Å². The number of nitrogens with zero attached hydrogens (tertiary/aromatic N) is 3. The summed E-state index contributed by atoms with van der Waals surface area (Å²) in [5.41, 5.74) is 4.69. The zero-order valence-electron chi connectivity index (χ0n) is 18.9. The van der Waals surface area contributed by atoms with E-state index < -0.39 is 5.97 Å². The van der Waals surface area contributed by atoms with Crippen LogP contribution in [0.3, 0.4) is 0 Å². The summed E-state index contributed by atoms with van der Waals surface area (Å²) in [6, 6.07) is 12.0. The van der Waals surface area contributed by atoms with Gasteiger partial charge >= 0.3 is 5.97 Å². The maximum Gasteiger partial charge on any atom is 0.333 e. The molecule has 7 heteroatoms. The molecule has 0 amide bonds. The van der Waals surface area contributed by atoms with E-state index in [0.717, 1.165) is 12.0 Å². The molecule has 2 aromatic carbocycles. The largest absolute Gasteiger partial charge is 0.505 e. The molecule has 0 spiro atoms. The van der Waals surface area contributed by atoms with Gasteiger partial charge in [0.15, 0.2) is 0 Å². The van der Waals surface area contributed by atoms with Gasteiger partial charge in [0, 0.05) is 44.6 Å². The van der Waals surface area contributed by atoms with Gasteiger partial charge < -0.3 is 9.84 Å². The van der Waals surface area contributed by atoms with E-state index in [1.807, 2.05) is 12.1 Å². The van der Waals surface area contributed by atoms with Gasteiger partial charge in [-0.1, -0.05) is 18.2 Å². The number of rotatable bonds is 5. The summed E-state index contributed by atoms with van der Waals surface area (Å²) in [6.45, 7) is 7.18. The number of aromatic hydroxyl groups is 1. The van der Waals surface area contributed by atoms with Gasteiger partial charge in [-0.2, -0.15) is 22.0 Å². The number of hydrogen-bond acceptors (Lipinski definition) is 5. The van der Waals surface area contributed by atoms with Crippen molar-refractivity contribution in [1.82, 2.24) is 15.0 Å². The third-order valence-corrected chi connectivity index (χ3v) is 6.21. The van der Waals surface area contributed by atoms with Gasteiger partial charge in [-0.15, -0.1) is 12.1 Å². The van der Waals surface area contributed by atoms with Crippen LogP contribution in [0.1, 0.15) is 45.1 Å². The number of esters is 1. The number of hydrogen-bond donors (Lipinski definition) is 1. The summed E-state index contributed by atoms with van der Waals surface area (Å²) in [5.74, 6) is -0.0366. The van der Waals surface area contributed by atoms with Crippen LogP contribution in [0, 0.1) is 17.9 Å². The van der Waals surface area contributed by atoms with Crippen LogP contribution in [-0.2, 0) is 37.2 Å². The van der Waals surface area contributed by atoms with Crippen LogP contribution in [0.25, 0.3) is 16.7 Å². The van der Waals surface area contributed by atoms with E-state index in [1.165, 1.54) is 10.4 Å². The van der Waals surface area contributed by atoms with Crippen molar-refractivity contribution in [2.24, 2.45) is 11.8 Å². The Morgan fingerprint density at radius 2 is 2.19 bits per heavy atom. The van der Waals surface area contributed by atoms with Gasteiger partial charge in [0.05, 0.1) is 0 Å². The Balaban J connectivity index is 0.00000259. The molecule has 0 radical (unpaired) electrons. The van der Waals surface area contributed by atoms with Crippen LogP contribution >= 0.6 is 0 Å². The van der Waals surface area contributed by atoms with E-state index in [2.05, 4.69) is 35.8 Å². The Kier molecular flexibility index (Phi) is 5.72. The summed E-state index contributed by atoms with van der Waals surface area (Å²) in [6.07, 6.45) is 2.98. The van der Waals surface area contributed by atoms with Gasteiger partial charge in [0.25, 0.3) is 0 Å². The first-order valence-corrected chi connectivity index (χ1v) is 10.4. The molecule has 1 aromatic heterocycles. The molecule has 2 bridgehead atoms. The number of aromatic nitrogens is 3. The maximum atomic E-state index is 12.0. The molecule has 164 valence electrons. The van der Waals surface area contributed by atoms with Gasteiger partial charge in [-0.3, -0.25) is 0 Å². The fourth-order valence-electron chi connectivity index (χ4n) is 4.58. The second-order valence-electron chi connectivity index (χ2n) is 8.44. The van der Waals surface area contributed by atoms with E-state index in [-0.39, 0.29) is 63.1 Å². The minimum absolute atomic E-state index is 0. The van der Waals surface area contributed by atoms with Crippen LogP contribution in [0.15, 0.2) is 54.1 Å². The number of ether oxygens (including phenoxy) is 1. The second-order valence-corrected chi connectivity index (χ2v) is 8.44. The zero-order chi connectivity index (χ0) is 22.6. The maximum absolute atomic E-state index is 12.0. The molecule has 32 heavy (non-hydrogen) atoms. The molecule has 1 fully saturated rings. The first-order valence-electron chi connectivity index (χ1n) is 10.9. The van der Waals surface area contributed by atoms with Gasteiger partial charge in [-0.25, -0.2) is 9.89 Å². The number of carbonyl (C=O) groups is 1. The summed E-state index contributed by atoms with van der Waals surface area (Å²) < 4.78 is 14.1. The van der Waals surface area contributed by atoms with E-state index >= 15 is 0 Å². The molecule has 6 nitrogen and oxygen atoms in total. The van der Waals surface area contributed by atoms with Gasteiger partial charge in [0.2, 0.25) is 0 Å². The fraction of sp³-hybridized carbons (Fsp3) is 0.320. The minimum atomic E-state index is -0.522. The van der Waals surface area contributed by atoms with Crippen LogP contribution < -0.4 is 0 Å². The van der Waals surface area contributed by atoms with Gasteiger partial charge in [-0.05, 0) is 62.1 Å². The van der Waals surface area contributed by atoms with E-state index in [1.54, 1.807) is 25.1 Å². The molecule has 4 unspecified atom stereocenters. The van der Waals surface area contributed by atoms with Crippen molar-refractivity contribution in [2.45, 2.75) is 39.2 Å². The molecular formula is C25H24N3O3W-. The Morgan fingerprint density at radius 3 is 2.88 bits per heavy atom. The van der Waals surface area contributed by atoms with Crippen LogP contribution in [-0.4, -0.2) is 26.1 Å². The third-order valence-electron chi connectivity index (χ3n) is 6.21. The molecule has 1 N–H and O–H groups in total. The summed E-state index contributed by atoms with van der Waals surface area (Å²) in [4.78, 5) is 13.4. The monoisotopic (exact) mass is 599 g/mol. The Morgan fingerprint density at radius 1 is 1.41 bits per heavy atom. The SMILES string of the molecule is [2H]C1C2CC(C=C2C)C1c1cc(COC(=O)C(=C)C)c(O)c(-n2nc3c[c-]ccc3n2)c1.[W]. The molecule has 5 rings (SSSR count). The molecule has 3 aromatic rings. The first kappa shape index (κ1) is 21.1. The number of phenols is 1. The predicted molar refractivity (Wildman–Crippen MR) is 117 cm³/mol. The normalized spacial score (nSPS) is 24.1. The number of fused-ring (bicyclic) bond motifs is 3. The van der Waals surface area contributed by atoms with Crippen molar-refractivity contribution in [2.75, 3.05) is 0 Å².